The third kappa shape index (κ3) is 2.28. The molecular weight excluding hydrogens is 308 g/mol. The quantitative estimate of drug-likeness (QED) is 0.671. The summed E-state index contributed by atoms with van der Waals surface area (Å²) < 4.78 is 6.89. The van der Waals surface area contributed by atoms with E-state index in [0.29, 0.717) is 17.1 Å². The van der Waals surface area contributed by atoms with Gasteiger partial charge >= 0.3 is 0 Å². The molecule has 5 N–H and O–H groups in total. The van der Waals surface area contributed by atoms with E-state index in [1.165, 1.54) is 4.68 Å². The molecule has 124 valence electrons. The first kappa shape index (κ1) is 15.6. The number of amides is 1. The van der Waals surface area contributed by atoms with Crippen LogP contribution in [0, 0.1) is 13.8 Å². The van der Waals surface area contributed by atoms with Crippen molar-refractivity contribution in [3.63, 3.8) is 0 Å². The van der Waals surface area contributed by atoms with Crippen molar-refractivity contribution in [3.05, 3.63) is 41.1 Å². The standard InChI is InChI=1S/C16H18N6O2/c1-8-4-5-11(24-3)9(2)14(8)22-15(17)12(16(18)23)13(21-22)10-6-7-19-20-10/h4-7H,17H2,1-3H3,(H2,18,23)(H,19,20). The lowest BCUT2D eigenvalue weighted by Gasteiger charge is -2.14. The number of hydrogen-bond acceptors (Lipinski definition) is 5. The van der Waals surface area contributed by atoms with Gasteiger partial charge in [-0.3, -0.25) is 9.89 Å². The van der Waals surface area contributed by atoms with Gasteiger partial charge in [-0.1, -0.05) is 6.07 Å². The molecule has 24 heavy (non-hydrogen) atoms. The molecule has 0 fully saturated rings. The number of benzene rings is 1. The van der Waals surface area contributed by atoms with E-state index in [9.17, 15) is 4.79 Å². The van der Waals surface area contributed by atoms with Crippen LogP contribution in [0.15, 0.2) is 24.4 Å². The Morgan fingerprint density at radius 2 is 2.04 bits per heavy atom. The molecule has 0 spiro atoms. The van der Waals surface area contributed by atoms with E-state index < -0.39 is 5.91 Å². The zero-order chi connectivity index (χ0) is 17.4. The molecule has 1 amide bonds. The van der Waals surface area contributed by atoms with Gasteiger partial charge in [-0.2, -0.15) is 10.2 Å². The van der Waals surface area contributed by atoms with Gasteiger partial charge in [0.05, 0.1) is 18.5 Å². The third-order valence-electron chi connectivity index (χ3n) is 3.94. The van der Waals surface area contributed by atoms with E-state index >= 15 is 0 Å². The molecule has 3 rings (SSSR count). The molecule has 0 aliphatic heterocycles. The normalized spacial score (nSPS) is 10.8. The van der Waals surface area contributed by atoms with Gasteiger partial charge in [0.25, 0.3) is 5.91 Å². The number of nitrogens with one attached hydrogen (secondary N) is 1. The average Bonchev–Trinajstić information content (AvgIpc) is 3.16. The maximum Gasteiger partial charge on any atom is 0.254 e. The van der Waals surface area contributed by atoms with E-state index in [-0.39, 0.29) is 11.4 Å². The third-order valence-corrected chi connectivity index (χ3v) is 3.94. The van der Waals surface area contributed by atoms with Crippen LogP contribution in [0.3, 0.4) is 0 Å². The topological polar surface area (TPSA) is 125 Å². The minimum atomic E-state index is -0.651. The molecule has 0 aliphatic carbocycles. The van der Waals surface area contributed by atoms with Gasteiger partial charge in [0, 0.05) is 11.8 Å². The maximum absolute atomic E-state index is 11.9. The van der Waals surface area contributed by atoms with Gasteiger partial charge in [-0.15, -0.1) is 0 Å². The van der Waals surface area contributed by atoms with Crippen LogP contribution in [0.25, 0.3) is 17.1 Å². The van der Waals surface area contributed by atoms with Crippen molar-refractivity contribution >= 4 is 11.7 Å². The number of anilines is 1. The number of rotatable bonds is 4. The van der Waals surface area contributed by atoms with Gasteiger partial charge in [-0.05, 0) is 31.5 Å². The fraction of sp³-hybridized carbons (Fsp3) is 0.188. The molecule has 0 atom stereocenters. The van der Waals surface area contributed by atoms with Gasteiger partial charge in [-0.25, -0.2) is 4.68 Å². The molecule has 2 heterocycles. The van der Waals surface area contributed by atoms with Crippen molar-refractivity contribution in [3.8, 4) is 22.8 Å². The van der Waals surface area contributed by atoms with E-state index in [0.717, 1.165) is 16.8 Å². The number of H-pyrrole nitrogens is 1. The number of nitrogen functional groups attached to an aromatic ring is 1. The second-order valence-corrected chi connectivity index (χ2v) is 5.41. The van der Waals surface area contributed by atoms with Gasteiger partial charge in [0.15, 0.2) is 0 Å². The molecule has 8 heteroatoms. The molecule has 0 radical (unpaired) electrons. The Kier molecular flexibility index (Phi) is 3.72. The summed E-state index contributed by atoms with van der Waals surface area (Å²) in [6.45, 7) is 3.84. The average molecular weight is 326 g/mol. The summed E-state index contributed by atoms with van der Waals surface area (Å²) in [5.74, 6) is 0.224. The predicted molar refractivity (Wildman–Crippen MR) is 90.1 cm³/mol. The van der Waals surface area contributed by atoms with Crippen LogP contribution in [0.5, 0.6) is 5.75 Å². The number of primary amides is 1. The second kappa shape index (κ2) is 5.73. The number of aromatic amines is 1. The van der Waals surface area contributed by atoms with Crippen molar-refractivity contribution < 1.29 is 9.53 Å². The van der Waals surface area contributed by atoms with Crippen LogP contribution in [0.4, 0.5) is 5.82 Å². The Balaban J connectivity index is 2.32. The van der Waals surface area contributed by atoms with Crippen LogP contribution in [-0.4, -0.2) is 33.0 Å². The summed E-state index contributed by atoms with van der Waals surface area (Å²) >= 11 is 0. The molecule has 0 unspecified atom stereocenters. The number of hydrogen-bond donors (Lipinski definition) is 3. The smallest absolute Gasteiger partial charge is 0.254 e. The lowest BCUT2D eigenvalue weighted by Crippen LogP contribution is -2.14. The molecule has 0 aliphatic rings. The van der Waals surface area contributed by atoms with Crippen LogP contribution < -0.4 is 16.2 Å². The SMILES string of the molecule is COc1ccc(C)c(-n2nc(-c3ccn[nH]3)c(C(N)=O)c2N)c1C. The minimum Gasteiger partial charge on any atom is -0.496 e. The summed E-state index contributed by atoms with van der Waals surface area (Å²) in [5.41, 5.74) is 15.3. The molecule has 0 saturated heterocycles. The first-order valence-corrected chi connectivity index (χ1v) is 7.28. The Bertz CT molecular complexity index is 911. The zero-order valence-electron chi connectivity index (χ0n) is 13.6. The van der Waals surface area contributed by atoms with Crippen LogP contribution in [0.1, 0.15) is 21.5 Å². The highest BCUT2D eigenvalue weighted by atomic mass is 16.5. The number of nitrogens with zero attached hydrogens (tertiary/aromatic N) is 3. The van der Waals surface area contributed by atoms with E-state index in [1.54, 1.807) is 19.4 Å². The lowest BCUT2D eigenvalue weighted by molar-refractivity contribution is 0.100. The fourth-order valence-electron chi connectivity index (χ4n) is 2.78. The first-order chi connectivity index (χ1) is 11.5. The van der Waals surface area contributed by atoms with Gasteiger partial charge in [0.1, 0.15) is 22.8 Å². The monoisotopic (exact) mass is 326 g/mol. The number of ether oxygens (including phenoxy) is 1. The molecule has 0 bridgehead atoms. The minimum absolute atomic E-state index is 0.154. The summed E-state index contributed by atoms with van der Waals surface area (Å²) in [7, 11) is 1.60. The van der Waals surface area contributed by atoms with Gasteiger partial charge in [0.2, 0.25) is 0 Å². The Hall–Kier alpha value is -3.29. The number of nitrogens with two attached hydrogens (primary N) is 2. The van der Waals surface area contributed by atoms with Crippen LogP contribution >= 0.6 is 0 Å². The molecule has 3 aromatic rings. The number of methoxy groups -OCH3 is 1. The van der Waals surface area contributed by atoms with Crippen molar-refractivity contribution in [2.45, 2.75) is 13.8 Å². The number of carbonyl (C=O) groups excluding carboxylic acids is 1. The number of aromatic nitrogens is 4. The van der Waals surface area contributed by atoms with Crippen molar-refractivity contribution in [2.24, 2.45) is 5.73 Å². The largest absolute Gasteiger partial charge is 0.496 e. The van der Waals surface area contributed by atoms with E-state index in [2.05, 4.69) is 15.3 Å². The highest BCUT2D eigenvalue weighted by Gasteiger charge is 2.24. The van der Waals surface area contributed by atoms with Crippen LogP contribution in [0.2, 0.25) is 0 Å². The van der Waals surface area contributed by atoms with Crippen molar-refractivity contribution in [1.29, 1.82) is 0 Å². The highest BCUT2D eigenvalue weighted by Crippen LogP contribution is 2.33. The summed E-state index contributed by atoms with van der Waals surface area (Å²) in [4.78, 5) is 11.9. The fourth-order valence-corrected chi connectivity index (χ4v) is 2.78. The van der Waals surface area contributed by atoms with Gasteiger partial charge < -0.3 is 16.2 Å². The Morgan fingerprint density at radius 1 is 1.29 bits per heavy atom. The zero-order valence-corrected chi connectivity index (χ0v) is 13.6. The molecular formula is C16H18N6O2. The van der Waals surface area contributed by atoms with Crippen LogP contribution in [-0.2, 0) is 0 Å². The molecule has 8 nitrogen and oxygen atoms in total. The van der Waals surface area contributed by atoms with Crippen molar-refractivity contribution in [1.82, 2.24) is 20.0 Å². The highest BCUT2D eigenvalue weighted by molar-refractivity contribution is 6.03. The molecule has 1 aromatic carbocycles. The van der Waals surface area contributed by atoms with Crippen molar-refractivity contribution in [2.75, 3.05) is 12.8 Å². The van der Waals surface area contributed by atoms with E-state index in [4.69, 9.17) is 16.2 Å². The molecule has 0 saturated carbocycles. The summed E-state index contributed by atoms with van der Waals surface area (Å²) in [5, 5.41) is 11.2. The number of aryl methyl sites for hydroxylation is 1. The first-order valence-electron chi connectivity index (χ1n) is 7.28. The Labute approximate surface area is 138 Å². The maximum atomic E-state index is 11.9. The predicted octanol–water partition coefficient (Wildman–Crippen LogP) is 1.57. The summed E-state index contributed by atoms with van der Waals surface area (Å²) in [6.07, 6.45) is 1.57. The second-order valence-electron chi connectivity index (χ2n) is 5.41. The molecule has 2 aromatic heterocycles. The summed E-state index contributed by atoms with van der Waals surface area (Å²) in [6, 6.07) is 5.48. The number of carbonyl (C=O) groups is 1. The van der Waals surface area contributed by atoms with E-state index in [1.807, 2.05) is 26.0 Å². The Morgan fingerprint density at radius 3 is 2.62 bits per heavy atom. The lowest BCUT2D eigenvalue weighted by atomic mass is 10.1.